The van der Waals surface area contributed by atoms with Gasteiger partial charge in [0.25, 0.3) is 5.91 Å². The third kappa shape index (κ3) is 5.15. The molecule has 9 heteroatoms. The van der Waals surface area contributed by atoms with E-state index in [0.29, 0.717) is 18.0 Å². The standard InChI is InChI=1S/C18H21N3O4S2/c22-17(13-19-18(23)16-7-4-12-26-16)20-8-10-21(11-9-20)27(24,25)14-15-5-2-1-3-6-15/h1-7,12H,8-11,13-14H2,(H,19,23). The summed E-state index contributed by atoms with van der Waals surface area (Å²) in [6.45, 7) is 1.08. The molecule has 27 heavy (non-hydrogen) atoms. The fourth-order valence-electron chi connectivity index (χ4n) is 2.85. The SMILES string of the molecule is O=C(NCC(=O)N1CCN(S(=O)(=O)Cc2ccccc2)CC1)c1cccs1. The van der Waals surface area contributed by atoms with Crippen LogP contribution < -0.4 is 5.32 Å². The van der Waals surface area contributed by atoms with Gasteiger partial charge in [0.2, 0.25) is 15.9 Å². The average Bonchev–Trinajstić information content (AvgIpc) is 3.21. The summed E-state index contributed by atoms with van der Waals surface area (Å²) >= 11 is 1.31. The van der Waals surface area contributed by atoms with Crippen molar-refractivity contribution in [1.82, 2.24) is 14.5 Å². The molecule has 1 aliphatic heterocycles. The van der Waals surface area contributed by atoms with Gasteiger partial charge in [-0.3, -0.25) is 9.59 Å². The number of rotatable bonds is 6. The van der Waals surface area contributed by atoms with Crippen molar-refractivity contribution >= 4 is 33.2 Å². The Bertz CT molecular complexity index is 875. The van der Waals surface area contributed by atoms with E-state index in [1.165, 1.54) is 15.6 Å². The molecule has 7 nitrogen and oxygen atoms in total. The van der Waals surface area contributed by atoms with Crippen molar-refractivity contribution in [3.63, 3.8) is 0 Å². The van der Waals surface area contributed by atoms with Gasteiger partial charge in [0.05, 0.1) is 17.2 Å². The number of thiophene rings is 1. The number of carbonyl (C=O) groups is 2. The number of benzene rings is 1. The van der Waals surface area contributed by atoms with Crippen molar-refractivity contribution < 1.29 is 18.0 Å². The second-order valence-corrected chi connectivity index (χ2v) is 9.10. The maximum Gasteiger partial charge on any atom is 0.261 e. The molecule has 0 aliphatic carbocycles. The van der Waals surface area contributed by atoms with Crippen molar-refractivity contribution in [2.75, 3.05) is 32.7 Å². The van der Waals surface area contributed by atoms with E-state index in [-0.39, 0.29) is 37.2 Å². The Hall–Kier alpha value is -2.23. The van der Waals surface area contributed by atoms with E-state index in [2.05, 4.69) is 5.32 Å². The molecule has 0 unspecified atom stereocenters. The van der Waals surface area contributed by atoms with E-state index < -0.39 is 10.0 Å². The minimum absolute atomic E-state index is 0.0430. The fraction of sp³-hybridized carbons (Fsp3) is 0.333. The Morgan fingerprint density at radius 2 is 1.70 bits per heavy atom. The van der Waals surface area contributed by atoms with Crippen LogP contribution in [0.5, 0.6) is 0 Å². The molecule has 1 aromatic carbocycles. The van der Waals surface area contributed by atoms with E-state index in [1.807, 2.05) is 18.2 Å². The third-order valence-corrected chi connectivity index (χ3v) is 7.04. The summed E-state index contributed by atoms with van der Waals surface area (Å²) in [7, 11) is -3.41. The summed E-state index contributed by atoms with van der Waals surface area (Å²) in [6, 6.07) is 12.5. The molecule has 1 aliphatic rings. The maximum absolute atomic E-state index is 12.5. The molecule has 3 rings (SSSR count). The molecule has 0 spiro atoms. The first-order valence-electron chi connectivity index (χ1n) is 8.57. The lowest BCUT2D eigenvalue weighted by molar-refractivity contribution is -0.131. The Labute approximate surface area is 162 Å². The molecule has 0 bridgehead atoms. The van der Waals surface area contributed by atoms with Gasteiger partial charge in [-0.25, -0.2) is 8.42 Å². The molecule has 2 amide bonds. The molecule has 1 saturated heterocycles. The molecule has 1 aromatic heterocycles. The molecule has 1 N–H and O–H groups in total. The van der Waals surface area contributed by atoms with E-state index in [1.54, 1.807) is 34.5 Å². The van der Waals surface area contributed by atoms with Gasteiger partial charge in [0.1, 0.15) is 0 Å². The van der Waals surface area contributed by atoms with Gasteiger partial charge in [-0.15, -0.1) is 11.3 Å². The zero-order valence-corrected chi connectivity index (χ0v) is 16.3. The molecule has 144 valence electrons. The number of piperazine rings is 1. The minimum atomic E-state index is -3.41. The zero-order valence-electron chi connectivity index (χ0n) is 14.7. The van der Waals surface area contributed by atoms with Crippen LogP contribution >= 0.6 is 11.3 Å². The van der Waals surface area contributed by atoms with Crippen molar-refractivity contribution in [1.29, 1.82) is 0 Å². The fourth-order valence-corrected chi connectivity index (χ4v) is 5.01. The van der Waals surface area contributed by atoms with E-state index >= 15 is 0 Å². The first-order valence-corrected chi connectivity index (χ1v) is 11.1. The molecule has 2 aromatic rings. The van der Waals surface area contributed by atoms with Gasteiger partial charge in [-0.1, -0.05) is 36.4 Å². The molecule has 0 radical (unpaired) electrons. The minimum Gasteiger partial charge on any atom is -0.342 e. The van der Waals surface area contributed by atoms with E-state index in [4.69, 9.17) is 0 Å². The Balaban J connectivity index is 1.48. The van der Waals surface area contributed by atoms with Gasteiger partial charge in [-0.05, 0) is 17.0 Å². The average molecular weight is 408 g/mol. The van der Waals surface area contributed by atoms with Crippen LogP contribution in [0.2, 0.25) is 0 Å². The van der Waals surface area contributed by atoms with Crippen molar-refractivity contribution in [2.24, 2.45) is 0 Å². The number of hydrogen-bond donors (Lipinski definition) is 1. The lowest BCUT2D eigenvalue weighted by Gasteiger charge is -2.34. The number of hydrogen-bond acceptors (Lipinski definition) is 5. The summed E-state index contributed by atoms with van der Waals surface area (Å²) in [4.78, 5) is 26.3. The second kappa shape index (κ2) is 8.64. The number of amides is 2. The van der Waals surface area contributed by atoms with Gasteiger partial charge >= 0.3 is 0 Å². The van der Waals surface area contributed by atoms with Crippen LogP contribution in [-0.2, 0) is 20.6 Å². The largest absolute Gasteiger partial charge is 0.342 e. The molecule has 0 saturated carbocycles. The quantitative estimate of drug-likeness (QED) is 0.778. The van der Waals surface area contributed by atoms with Crippen molar-refractivity contribution in [2.45, 2.75) is 5.75 Å². The highest BCUT2D eigenvalue weighted by Gasteiger charge is 2.29. The predicted octanol–water partition coefficient (Wildman–Crippen LogP) is 1.15. The highest BCUT2D eigenvalue weighted by atomic mass is 32.2. The monoisotopic (exact) mass is 407 g/mol. The number of nitrogens with one attached hydrogen (secondary N) is 1. The van der Waals surface area contributed by atoms with E-state index in [9.17, 15) is 18.0 Å². The first kappa shape index (κ1) is 19.5. The number of carbonyl (C=O) groups excluding carboxylic acids is 2. The predicted molar refractivity (Wildman–Crippen MR) is 104 cm³/mol. The van der Waals surface area contributed by atoms with E-state index in [0.717, 1.165) is 5.56 Å². The summed E-state index contributed by atoms with van der Waals surface area (Å²) in [5.74, 6) is -0.527. The summed E-state index contributed by atoms with van der Waals surface area (Å²) in [5, 5.41) is 4.40. The molecule has 2 heterocycles. The van der Waals surface area contributed by atoms with Crippen molar-refractivity contribution in [3.8, 4) is 0 Å². The third-order valence-electron chi connectivity index (χ3n) is 4.32. The first-order chi connectivity index (χ1) is 13.0. The van der Waals surface area contributed by atoms with Gasteiger partial charge in [-0.2, -0.15) is 4.31 Å². The van der Waals surface area contributed by atoms with Crippen LogP contribution in [0, 0.1) is 0 Å². The summed E-state index contributed by atoms with van der Waals surface area (Å²) in [5.41, 5.74) is 0.743. The topological polar surface area (TPSA) is 86.8 Å². The van der Waals surface area contributed by atoms with Gasteiger partial charge in [0, 0.05) is 26.2 Å². The van der Waals surface area contributed by atoms with Crippen LogP contribution in [0.4, 0.5) is 0 Å². The smallest absolute Gasteiger partial charge is 0.261 e. The Kier molecular flexibility index (Phi) is 6.25. The summed E-state index contributed by atoms with van der Waals surface area (Å²) < 4.78 is 26.5. The van der Waals surface area contributed by atoms with Crippen LogP contribution in [0.25, 0.3) is 0 Å². The summed E-state index contributed by atoms with van der Waals surface area (Å²) in [6.07, 6.45) is 0. The highest BCUT2D eigenvalue weighted by Crippen LogP contribution is 2.14. The van der Waals surface area contributed by atoms with Crippen LogP contribution in [0.1, 0.15) is 15.2 Å². The van der Waals surface area contributed by atoms with Crippen LogP contribution in [0.15, 0.2) is 47.8 Å². The van der Waals surface area contributed by atoms with Crippen LogP contribution in [0.3, 0.4) is 0 Å². The number of nitrogens with zero attached hydrogens (tertiary/aromatic N) is 2. The molecule has 1 fully saturated rings. The van der Waals surface area contributed by atoms with Crippen LogP contribution in [-0.4, -0.2) is 62.2 Å². The second-order valence-electron chi connectivity index (χ2n) is 6.18. The van der Waals surface area contributed by atoms with Crippen molar-refractivity contribution in [3.05, 3.63) is 58.3 Å². The normalized spacial score (nSPS) is 15.5. The lowest BCUT2D eigenvalue weighted by atomic mass is 10.2. The molecular weight excluding hydrogens is 386 g/mol. The van der Waals surface area contributed by atoms with Gasteiger partial charge in [0.15, 0.2) is 0 Å². The molecule has 0 atom stereocenters. The Morgan fingerprint density at radius 1 is 1.00 bits per heavy atom. The maximum atomic E-state index is 12.5. The highest BCUT2D eigenvalue weighted by molar-refractivity contribution is 7.88. The van der Waals surface area contributed by atoms with Gasteiger partial charge < -0.3 is 10.2 Å². The Morgan fingerprint density at radius 3 is 2.33 bits per heavy atom. The zero-order chi connectivity index (χ0) is 19.3. The lowest BCUT2D eigenvalue weighted by Crippen LogP contribution is -2.52. The number of sulfonamides is 1. The molecular formula is C18H21N3O4S2.